The summed E-state index contributed by atoms with van der Waals surface area (Å²) >= 11 is 0. The molecule has 0 bridgehead atoms. The molecule has 0 aromatic carbocycles. The highest BCUT2D eigenvalue weighted by atomic mass is 15.2. The maximum Gasteiger partial charge on any atom is 0.0151 e. The van der Waals surface area contributed by atoms with Gasteiger partial charge in [-0.1, -0.05) is 6.92 Å². The number of rotatable bonds is 2. The van der Waals surface area contributed by atoms with Gasteiger partial charge in [-0.25, -0.2) is 0 Å². The molecule has 12 heavy (non-hydrogen) atoms. The molecule has 1 N–H and O–H groups in total. The molecule has 1 aliphatic rings. The van der Waals surface area contributed by atoms with Crippen LogP contribution >= 0.6 is 0 Å². The summed E-state index contributed by atoms with van der Waals surface area (Å²) in [6.45, 7) is 11.8. The second-order valence-corrected chi connectivity index (χ2v) is 4.26. The maximum atomic E-state index is 3.43. The lowest BCUT2D eigenvalue weighted by molar-refractivity contribution is 0.125. The van der Waals surface area contributed by atoms with Crippen LogP contribution in [0.25, 0.3) is 0 Å². The van der Waals surface area contributed by atoms with Crippen molar-refractivity contribution >= 4 is 0 Å². The molecule has 2 nitrogen and oxygen atoms in total. The van der Waals surface area contributed by atoms with Crippen molar-refractivity contribution < 1.29 is 0 Å². The smallest absolute Gasteiger partial charge is 0.0151 e. The maximum absolute atomic E-state index is 3.43. The Balaban J connectivity index is 2.47. The van der Waals surface area contributed by atoms with Crippen LogP contribution in [0, 0.1) is 0 Å². The van der Waals surface area contributed by atoms with Crippen LogP contribution in [0.5, 0.6) is 0 Å². The highest BCUT2D eigenvalue weighted by molar-refractivity contribution is 4.81. The molecule has 0 aliphatic carbocycles. The second-order valence-electron chi connectivity index (χ2n) is 4.26. The monoisotopic (exact) mass is 170 g/mol. The van der Waals surface area contributed by atoms with Gasteiger partial charge in [-0.15, -0.1) is 0 Å². The van der Waals surface area contributed by atoms with Crippen molar-refractivity contribution in [1.82, 2.24) is 10.2 Å². The average molecular weight is 170 g/mol. The summed E-state index contributed by atoms with van der Waals surface area (Å²) in [5.41, 5.74) is 0.395. The summed E-state index contributed by atoms with van der Waals surface area (Å²) in [5, 5.41) is 3.43. The summed E-state index contributed by atoms with van der Waals surface area (Å²) < 4.78 is 0. The SMILES string of the molecule is CCC(C)(C)N1CCCNCC1. The van der Waals surface area contributed by atoms with Crippen molar-refractivity contribution in [3.8, 4) is 0 Å². The summed E-state index contributed by atoms with van der Waals surface area (Å²) in [6, 6.07) is 0. The molecule has 0 unspecified atom stereocenters. The van der Waals surface area contributed by atoms with Crippen LogP contribution in [-0.2, 0) is 0 Å². The Kier molecular flexibility index (Phi) is 3.53. The number of hydrogen-bond acceptors (Lipinski definition) is 2. The first kappa shape index (κ1) is 10.0. The Hall–Kier alpha value is -0.0800. The largest absolute Gasteiger partial charge is 0.315 e. The Bertz CT molecular complexity index is 124. The summed E-state index contributed by atoms with van der Waals surface area (Å²) in [7, 11) is 0. The average Bonchev–Trinajstić information content (AvgIpc) is 2.32. The van der Waals surface area contributed by atoms with Gasteiger partial charge in [0, 0.05) is 18.6 Å². The molecule has 72 valence electrons. The van der Waals surface area contributed by atoms with Gasteiger partial charge in [0.05, 0.1) is 0 Å². The fraction of sp³-hybridized carbons (Fsp3) is 1.00. The molecule has 0 atom stereocenters. The molecular formula is C10H22N2. The van der Waals surface area contributed by atoms with Gasteiger partial charge in [0.1, 0.15) is 0 Å². The quantitative estimate of drug-likeness (QED) is 0.675. The minimum absolute atomic E-state index is 0.395. The molecule has 0 aromatic heterocycles. The van der Waals surface area contributed by atoms with E-state index in [1.165, 1.54) is 32.5 Å². The van der Waals surface area contributed by atoms with Crippen molar-refractivity contribution in [3.05, 3.63) is 0 Å². The normalized spacial score (nSPS) is 22.2. The molecule has 1 fully saturated rings. The van der Waals surface area contributed by atoms with Crippen molar-refractivity contribution in [2.75, 3.05) is 26.2 Å². The molecule has 0 spiro atoms. The van der Waals surface area contributed by atoms with Crippen molar-refractivity contribution in [3.63, 3.8) is 0 Å². The lowest BCUT2D eigenvalue weighted by Crippen LogP contribution is -2.45. The van der Waals surface area contributed by atoms with E-state index in [1.807, 2.05) is 0 Å². The van der Waals surface area contributed by atoms with Crippen molar-refractivity contribution in [2.45, 2.75) is 39.2 Å². The third-order valence-electron chi connectivity index (χ3n) is 3.06. The molecule has 0 radical (unpaired) electrons. The number of nitrogens with zero attached hydrogens (tertiary/aromatic N) is 1. The predicted octanol–water partition coefficient (Wildman–Crippen LogP) is 1.47. The van der Waals surface area contributed by atoms with E-state index in [0.717, 1.165) is 6.54 Å². The minimum Gasteiger partial charge on any atom is -0.315 e. The van der Waals surface area contributed by atoms with E-state index in [4.69, 9.17) is 0 Å². The number of nitrogens with one attached hydrogen (secondary N) is 1. The molecule has 1 rings (SSSR count). The van der Waals surface area contributed by atoms with Gasteiger partial charge in [0.2, 0.25) is 0 Å². The molecular weight excluding hydrogens is 148 g/mol. The topological polar surface area (TPSA) is 15.3 Å². The standard InChI is InChI=1S/C10H22N2/c1-4-10(2,3)12-8-5-6-11-7-9-12/h11H,4-9H2,1-3H3. The van der Waals surface area contributed by atoms with Gasteiger partial charge in [0.25, 0.3) is 0 Å². The molecule has 2 heteroatoms. The van der Waals surface area contributed by atoms with E-state index in [1.54, 1.807) is 0 Å². The van der Waals surface area contributed by atoms with Gasteiger partial charge in [-0.3, -0.25) is 4.90 Å². The Labute approximate surface area is 76.3 Å². The van der Waals surface area contributed by atoms with Crippen molar-refractivity contribution in [1.29, 1.82) is 0 Å². The van der Waals surface area contributed by atoms with Crippen LogP contribution in [0.3, 0.4) is 0 Å². The third kappa shape index (κ3) is 2.46. The first-order chi connectivity index (χ1) is 5.67. The summed E-state index contributed by atoms with van der Waals surface area (Å²) in [6.07, 6.45) is 2.54. The van der Waals surface area contributed by atoms with E-state index in [9.17, 15) is 0 Å². The molecule has 1 saturated heterocycles. The van der Waals surface area contributed by atoms with Crippen LogP contribution in [0.15, 0.2) is 0 Å². The molecule has 1 heterocycles. The molecule has 0 saturated carbocycles. The highest BCUT2D eigenvalue weighted by Crippen LogP contribution is 2.18. The van der Waals surface area contributed by atoms with E-state index in [-0.39, 0.29) is 0 Å². The summed E-state index contributed by atoms with van der Waals surface area (Å²) in [5.74, 6) is 0. The van der Waals surface area contributed by atoms with Crippen LogP contribution in [0.4, 0.5) is 0 Å². The Morgan fingerprint density at radius 3 is 2.67 bits per heavy atom. The fourth-order valence-electron chi connectivity index (χ4n) is 1.67. The lowest BCUT2D eigenvalue weighted by atomic mass is 9.99. The van der Waals surface area contributed by atoms with Crippen LogP contribution in [0.1, 0.15) is 33.6 Å². The zero-order chi connectivity index (χ0) is 9.03. The van der Waals surface area contributed by atoms with E-state index in [2.05, 4.69) is 31.0 Å². The van der Waals surface area contributed by atoms with E-state index >= 15 is 0 Å². The number of hydrogen-bond donors (Lipinski definition) is 1. The first-order valence-electron chi connectivity index (χ1n) is 5.12. The zero-order valence-corrected chi connectivity index (χ0v) is 8.69. The van der Waals surface area contributed by atoms with Crippen LogP contribution < -0.4 is 5.32 Å². The first-order valence-corrected chi connectivity index (χ1v) is 5.12. The highest BCUT2D eigenvalue weighted by Gasteiger charge is 2.24. The molecule has 1 aliphatic heterocycles. The van der Waals surface area contributed by atoms with E-state index < -0.39 is 0 Å². The second kappa shape index (κ2) is 4.24. The van der Waals surface area contributed by atoms with Crippen molar-refractivity contribution in [2.24, 2.45) is 0 Å². The van der Waals surface area contributed by atoms with Gasteiger partial charge in [0.15, 0.2) is 0 Å². The molecule has 0 amide bonds. The van der Waals surface area contributed by atoms with Gasteiger partial charge in [-0.05, 0) is 39.8 Å². The van der Waals surface area contributed by atoms with Gasteiger partial charge < -0.3 is 5.32 Å². The lowest BCUT2D eigenvalue weighted by Gasteiger charge is -2.37. The Morgan fingerprint density at radius 1 is 1.25 bits per heavy atom. The molecule has 0 aromatic rings. The van der Waals surface area contributed by atoms with E-state index in [0.29, 0.717) is 5.54 Å². The Morgan fingerprint density at radius 2 is 2.00 bits per heavy atom. The van der Waals surface area contributed by atoms with Crippen LogP contribution in [-0.4, -0.2) is 36.6 Å². The predicted molar refractivity (Wildman–Crippen MR) is 53.4 cm³/mol. The third-order valence-corrected chi connectivity index (χ3v) is 3.06. The van der Waals surface area contributed by atoms with Crippen LogP contribution in [0.2, 0.25) is 0 Å². The van der Waals surface area contributed by atoms with Gasteiger partial charge in [-0.2, -0.15) is 0 Å². The zero-order valence-electron chi connectivity index (χ0n) is 8.69. The van der Waals surface area contributed by atoms with Gasteiger partial charge >= 0.3 is 0 Å². The minimum atomic E-state index is 0.395. The fourth-order valence-corrected chi connectivity index (χ4v) is 1.67. The summed E-state index contributed by atoms with van der Waals surface area (Å²) in [4.78, 5) is 2.60.